The Morgan fingerprint density at radius 1 is 0.897 bits per heavy atom. The van der Waals surface area contributed by atoms with E-state index >= 15 is 0 Å². The zero-order valence-electron chi connectivity index (χ0n) is 17.3. The van der Waals surface area contributed by atoms with Gasteiger partial charge in [0.15, 0.2) is 0 Å². The second-order valence-corrected chi connectivity index (χ2v) is 8.13. The number of benzene rings is 3. The summed E-state index contributed by atoms with van der Waals surface area (Å²) in [6.45, 7) is 4.54. The first-order valence-electron chi connectivity index (χ1n) is 10.7. The van der Waals surface area contributed by atoms with Gasteiger partial charge in [-0.05, 0) is 17.7 Å². The van der Waals surface area contributed by atoms with Gasteiger partial charge in [0, 0.05) is 17.5 Å². The van der Waals surface area contributed by atoms with E-state index < -0.39 is 0 Å². The number of methoxy groups -OCH3 is 1. The fourth-order valence-corrected chi connectivity index (χ4v) is 4.62. The number of hydrogen-bond donors (Lipinski definition) is 2. The highest BCUT2D eigenvalue weighted by Crippen LogP contribution is 2.20. The van der Waals surface area contributed by atoms with Crippen LogP contribution in [-0.4, -0.2) is 26.2 Å². The molecule has 0 aromatic heterocycles. The fraction of sp³-hybridized carbons (Fsp3) is 0.308. The van der Waals surface area contributed by atoms with Gasteiger partial charge in [0.2, 0.25) is 0 Å². The van der Waals surface area contributed by atoms with Crippen LogP contribution in [0, 0.1) is 0 Å². The molecule has 1 heterocycles. The molecular weight excluding hydrogens is 356 g/mol. The molecule has 3 heteroatoms. The monoisotopic (exact) mass is 388 g/mol. The zero-order chi connectivity index (χ0) is 19.9. The predicted octanol–water partition coefficient (Wildman–Crippen LogP) is 2.40. The Morgan fingerprint density at radius 3 is 2.38 bits per heavy atom. The van der Waals surface area contributed by atoms with Crippen LogP contribution in [0.15, 0.2) is 84.9 Å². The van der Waals surface area contributed by atoms with Crippen molar-refractivity contribution in [2.24, 2.45) is 0 Å². The van der Waals surface area contributed by atoms with Crippen LogP contribution < -0.4 is 15.0 Å². The maximum atomic E-state index is 5.39. The number of nitrogens with two attached hydrogens (primary N) is 1. The number of rotatable bonds is 7. The summed E-state index contributed by atoms with van der Waals surface area (Å²) >= 11 is 0. The Labute approximate surface area is 174 Å². The molecule has 4 rings (SSSR count). The van der Waals surface area contributed by atoms with E-state index in [1.165, 1.54) is 36.2 Å². The molecule has 1 aliphatic heterocycles. The molecule has 1 unspecified atom stereocenters. The van der Waals surface area contributed by atoms with Gasteiger partial charge in [-0.15, -0.1) is 0 Å². The first-order chi connectivity index (χ1) is 14.3. The summed E-state index contributed by atoms with van der Waals surface area (Å²) in [5.41, 5.74) is 4.24. The van der Waals surface area contributed by atoms with Gasteiger partial charge < -0.3 is 15.0 Å². The third-order valence-electron chi connectivity index (χ3n) is 6.17. The van der Waals surface area contributed by atoms with E-state index in [0.29, 0.717) is 12.0 Å². The quantitative estimate of drug-likeness (QED) is 0.640. The lowest BCUT2D eigenvalue weighted by atomic mass is 9.85. The van der Waals surface area contributed by atoms with Crippen molar-refractivity contribution in [2.75, 3.05) is 20.2 Å². The lowest BCUT2D eigenvalue weighted by Gasteiger charge is -2.35. The molecule has 3 aromatic rings. The van der Waals surface area contributed by atoms with Crippen molar-refractivity contribution in [3.05, 3.63) is 102 Å². The fourth-order valence-electron chi connectivity index (χ4n) is 4.62. The van der Waals surface area contributed by atoms with Crippen LogP contribution in [0.5, 0.6) is 5.75 Å². The van der Waals surface area contributed by atoms with E-state index in [-0.39, 0.29) is 0 Å². The summed E-state index contributed by atoms with van der Waals surface area (Å²) in [4.78, 5) is 1.69. The normalized spacial score (nSPS) is 21.6. The van der Waals surface area contributed by atoms with Crippen LogP contribution in [0.3, 0.4) is 0 Å². The summed E-state index contributed by atoms with van der Waals surface area (Å²) in [5.74, 6) is 1.52. The van der Waals surface area contributed by atoms with E-state index in [1.807, 2.05) is 6.07 Å². The van der Waals surface area contributed by atoms with Gasteiger partial charge >= 0.3 is 0 Å². The second kappa shape index (κ2) is 9.73. The molecule has 1 fully saturated rings. The van der Waals surface area contributed by atoms with E-state index in [4.69, 9.17) is 4.74 Å². The van der Waals surface area contributed by atoms with Gasteiger partial charge in [0.1, 0.15) is 24.9 Å². The lowest BCUT2D eigenvalue weighted by Crippen LogP contribution is -3.14. The summed E-state index contributed by atoms with van der Waals surface area (Å²) < 4.78 is 5.39. The molecule has 1 saturated heterocycles. The summed E-state index contributed by atoms with van der Waals surface area (Å²) in [5, 5.41) is 2.55. The molecule has 0 saturated carbocycles. The SMILES string of the molecule is COc1cccc(C[NH2+][C@H]2CC[NH+](Cc3ccccc3)C[C@@H]2c2ccccc2)c1. The Bertz CT molecular complexity index is 881. The molecule has 3 atom stereocenters. The van der Waals surface area contributed by atoms with E-state index in [9.17, 15) is 0 Å². The van der Waals surface area contributed by atoms with E-state index in [0.717, 1.165) is 18.8 Å². The number of likely N-dealkylation sites (tertiary alicyclic amines) is 1. The predicted molar refractivity (Wildman–Crippen MR) is 117 cm³/mol. The Morgan fingerprint density at radius 2 is 1.62 bits per heavy atom. The molecule has 0 spiro atoms. The highest BCUT2D eigenvalue weighted by Gasteiger charge is 2.35. The molecular formula is C26H32N2O+2. The van der Waals surface area contributed by atoms with Crippen molar-refractivity contribution < 1.29 is 15.0 Å². The van der Waals surface area contributed by atoms with Gasteiger partial charge in [-0.2, -0.15) is 0 Å². The molecule has 3 nitrogen and oxygen atoms in total. The minimum Gasteiger partial charge on any atom is -0.497 e. The van der Waals surface area contributed by atoms with E-state index in [1.54, 1.807) is 12.0 Å². The summed E-state index contributed by atoms with van der Waals surface area (Å²) in [6.07, 6.45) is 1.24. The maximum absolute atomic E-state index is 5.39. The van der Waals surface area contributed by atoms with Crippen LogP contribution in [0.2, 0.25) is 0 Å². The lowest BCUT2D eigenvalue weighted by molar-refractivity contribution is -0.928. The molecule has 0 bridgehead atoms. The Kier molecular flexibility index (Phi) is 6.60. The molecule has 1 aliphatic rings. The van der Waals surface area contributed by atoms with Crippen LogP contribution in [0.1, 0.15) is 29.0 Å². The number of piperidine rings is 1. The standard InChI is InChI=1S/C26H30N2O/c1-29-24-14-8-11-22(17-24)18-27-26-15-16-28(19-21-9-4-2-5-10-21)20-25(26)23-12-6-3-7-13-23/h2-14,17,25-27H,15-16,18-20H2,1H3/p+2/t25-,26+/m1/s1. The smallest absolute Gasteiger partial charge is 0.119 e. The first-order valence-corrected chi connectivity index (χ1v) is 10.7. The minimum atomic E-state index is 0.578. The summed E-state index contributed by atoms with van der Waals surface area (Å²) in [7, 11) is 1.74. The van der Waals surface area contributed by atoms with Gasteiger partial charge in [0.05, 0.1) is 26.1 Å². The van der Waals surface area contributed by atoms with Gasteiger partial charge in [-0.3, -0.25) is 0 Å². The van der Waals surface area contributed by atoms with Crippen molar-refractivity contribution >= 4 is 0 Å². The molecule has 3 N–H and O–H groups in total. The number of ether oxygens (including phenoxy) is 1. The van der Waals surface area contributed by atoms with Crippen molar-refractivity contribution in [3.8, 4) is 5.75 Å². The summed E-state index contributed by atoms with van der Waals surface area (Å²) in [6, 6.07) is 31.1. The molecule has 0 aliphatic carbocycles. The molecule has 150 valence electrons. The third kappa shape index (κ3) is 5.26. The highest BCUT2D eigenvalue weighted by molar-refractivity contribution is 5.28. The van der Waals surface area contributed by atoms with Gasteiger partial charge in [-0.25, -0.2) is 0 Å². The van der Waals surface area contributed by atoms with Crippen molar-refractivity contribution in [2.45, 2.75) is 31.5 Å². The molecule has 29 heavy (non-hydrogen) atoms. The Hall–Kier alpha value is -2.62. The highest BCUT2D eigenvalue weighted by atomic mass is 16.5. The topological polar surface area (TPSA) is 30.3 Å². The molecule has 3 aromatic carbocycles. The average Bonchev–Trinajstić information content (AvgIpc) is 2.79. The second-order valence-electron chi connectivity index (χ2n) is 8.13. The van der Waals surface area contributed by atoms with Crippen molar-refractivity contribution in [1.82, 2.24) is 0 Å². The van der Waals surface area contributed by atoms with Crippen LogP contribution in [0.4, 0.5) is 0 Å². The van der Waals surface area contributed by atoms with Gasteiger partial charge in [-0.1, -0.05) is 72.8 Å². The number of quaternary nitrogens is 2. The largest absolute Gasteiger partial charge is 0.497 e. The van der Waals surface area contributed by atoms with Crippen LogP contribution in [0.25, 0.3) is 0 Å². The number of hydrogen-bond acceptors (Lipinski definition) is 1. The Balaban J connectivity index is 1.46. The average molecular weight is 389 g/mol. The van der Waals surface area contributed by atoms with Crippen molar-refractivity contribution in [3.63, 3.8) is 0 Å². The third-order valence-corrected chi connectivity index (χ3v) is 6.17. The number of nitrogens with one attached hydrogen (secondary N) is 1. The zero-order valence-corrected chi connectivity index (χ0v) is 17.3. The maximum Gasteiger partial charge on any atom is 0.119 e. The molecule has 0 amide bonds. The van der Waals surface area contributed by atoms with E-state index in [2.05, 4.69) is 84.2 Å². The van der Waals surface area contributed by atoms with Gasteiger partial charge in [0.25, 0.3) is 0 Å². The van der Waals surface area contributed by atoms with Crippen LogP contribution in [-0.2, 0) is 13.1 Å². The van der Waals surface area contributed by atoms with Crippen molar-refractivity contribution in [1.29, 1.82) is 0 Å². The van der Waals surface area contributed by atoms with Crippen LogP contribution >= 0.6 is 0 Å². The molecule has 0 radical (unpaired) electrons. The first kappa shape index (κ1) is 19.7. The minimum absolute atomic E-state index is 0.578.